The second-order valence-electron chi connectivity index (χ2n) is 5.27. The molecule has 7 heteroatoms. The van der Waals surface area contributed by atoms with E-state index in [1.54, 1.807) is 42.6 Å². The zero-order valence-corrected chi connectivity index (χ0v) is 12.8. The van der Waals surface area contributed by atoms with E-state index < -0.39 is 23.8 Å². The second kappa shape index (κ2) is 6.41. The van der Waals surface area contributed by atoms with Crippen molar-refractivity contribution in [2.24, 2.45) is 10.9 Å². The van der Waals surface area contributed by atoms with E-state index in [4.69, 9.17) is 0 Å². The van der Waals surface area contributed by atoms with Crippen LogP contribution in [0.25, 0.3) is 0 Å². The minimum atomic E-state index is -1.18. The van der Waals surface area contributed by atoms with E-state index in [9.17, 15) is 14.4 Å². The first kappa shape index (κ1) is 15.5. The van der Waals surface area contributed by atoms with Gasteiger partial charge in [-0.2, -0.15) is 0 Å². The van der Waals surface area contributed by atoms with Crippen LogP contribution in [0.15, 0.2) is 53.8 Å². The lowest BCUT2D eigenvalue weighted by Gasteiger charge is -2.28. The summed E-state index contributed by atoms with van der Waals surface area (Å²) in [4.78, 5) is 45.6. The van der Waals surface area contributed by atoms with Crippen LogP contribution in [0.2, 0.25) is 0 Å². The van der Waals surface area contributed by atoms with Crippen LogP contribution in [0.3, 0.4) is 0 Å². The van der Waals surface area contributed by atoms with Crippen LogP contribution >= 0.6 is 0 Å². The Labute approximate surface area is 138 Å². The maximum atomic E-state index is 12.6. The lowest BCUT2D eigenvalue weighted by molar-refractivity contribution is -0.131. The Balaban J connectivity index is 1.88. The molecule has 0 aliphatic carbocycles. The van der Waals surface area contributed by atoms with Crippen LogP contribution in [-0.2, 0) is 9.59 Å². The van der Waals surface area contributed by atoms with Gasteiger partial charge < -0.3 is 0 Å². The van der Waals surface area contributed by atoms with Gasteiger partial charge in [-0.05, 0) is 31.2 Å². The maximum absolute atomic E-state index is 12.6. The molecule has 3 rings (SSSR count). The minimum absolute atomic E-state index is 0.398. The first-order valence-corrected chi connectivity index (χ1v) is 7.26. The molecule has 1 fully saturated rings. The molecule has 1 saturated heterocycles. The van der Waals surface area contributed by atoms with E-state index in [1.807, 2.05) is 6.92 Å². The number of nitrogens with one attached hydrogen (secondary N) is 1. The van der Waals surface area contributed by atoms with Crippen molar-refractivity contribution in [2.45, 2.75) is 6.92 Å². The number of carbonyl (C=O) groups is 3. The first-order chi connectivity index (χ1) is 11.6. The van der Waals surface area contributed by atoms with Gasteiger partial charge in [0.25, 0.3) is 5.91 Å². The monoisotopic (exact) mass is 322 g/mol. The molecule has 1 aliphatic rings. The van der Waals surface area contributed by atoms with Crippen LogP contribution in [0.1, 0.15) is 5.56 Å². The number of barbiturate groups is 1. The molecule has 24 heavy (non-hydrogen) atoms. The minimum Gasteiger partial charge on any atom is -0.276 e. The molecule has 1 atom stereocenters. The van der Waals surface area contributed by atoms with Crippen molar-refractivity contribution in [2.75, 3.05) is 4.90 Å². The lowest BCUT2D eigenvalue weighted by Crippen LogP contribution is -2.58. The summed E-state index contributed by atoms with van der Waals surface area (Å²) in [6.45, 7) is 1.90. The number of imide groups is 2. The smallest absolute Gasteiger partial charge is 0.276 e. The summed E-state index contributed by atoms with van der Waals surface area (Å²) in [6.07, 6.45) is 4.32. The average Bonchev–Trinajstić information content (AvgIpc) is 2.57. The van der Waals surface area contributed by atoms with Crippen molar-refractivity contribution in [3.8, 4) is 0 Å². The number of benzene rings is 1. The van der Waals surface area contributed by atoms with E-state index in [0.717, 1.165) is 10.5 Å². The molecule has 2 aromatic rings. The third-order valence-corrected chi connectivity index (χ3v) is 3.51. The topological polar surface area (TPSA) is 91.7 Å². The maximum Gasteiger partial charge on any atom is 0.335 e. The number of hydrogen-bond donors (Lipinski definition) is 1. The van der Waals surface area contributed by atoms with Crippen LogP contribution in [0, 0.1) is 12.8 Å². The van der Waals surface area contributed by atoms with Crippen molar-refractivity contribution in [3.63, 3.8) is 0 Å². The van der Waals surface area contributed by atoms with Gasteiger partial charge in [0, 0.05) is 12.4 Å². The Morgan fingerprint density at radius 3 is 2.58 bits per heavy atom. The number of carbonyl (C=O) groups excluding carboxylic acids is 3. The number of urea groups is 1. The fourth-order valence-corrected chi connectivity index (χ4v) is 2.25. The molecular formula is C17H14N4O3. The molecule has 1 N–H and O–H groups in total. The molecule has 1 aromatic heterocycles. The Morgan fingerprint density at radius 1 is 1.17 bits per heavy atom. The highest BCUT2D eigenvalue weighted by atomic mass is 16.2. The van der Waals surface area contributed by atoms with Crippen molar-refractivity contribution in [3.05, 3.63) is 54.4 Å². The number of amides is 4. The summed E-state index contributed by atoms with van der Waals surface area (Å²) in [5.74, 6) is -2.51. The number of hydrogen-bond acceptors (Lipinski definition) is 5. The summed E-state index contributed by atoms with van der Waals surface area (Å²) >= 11 is 0. The van der Waals surface area contributed by atoms with Gasteiger partial charge in [-0.1, -0.05) is 17.7 Å². The van der Waals surface area contributed by atoms with E-state index in [0.29, 0.717) is 11.4 Å². The van der Waals surface area contributed by atoms with E-state index in [2.05, 4.69) is 15.3 Å². The zero-order valence-electron chi connectivity index (χ0n) is 12.8. The third-order valence-electron chi connectivity index (χ3n) is 3.51. The van der Waals surface area contributed by atoms with Gasteiger partial charge in [0.2, 0.25) is 5.91 Å². The Kier molecular flexibility index (Phi) is 4.15. The first-order valence-electron chi connectivity index (χ1n) is 7.26. The average molecular weight is 322 g/mol. The number of rotatable bonds is 3. The predicted molar refractivity (Wildman–Crippen MR) is 88.1 cm³/mol. The highest BCUT2D eigenvalue weighted by Gasteiger charge is 2.40. The molecule has 0 bridgehead atoms. The second-order valence-corrected chi connectivity index (χ2v) is 5.27. The summed E-state index contributed by atoms with van der Waals surface area (Å²) in [6, 6.07) is 9.49. The molecule has 1 aliphatic heterocycles. The molecule has 0 radical (unpaired) electrons. The molecule has 7 nitrogen and oxygen atoms in total. The van der Waals surface area contributed by atoms with Crippen LogP contribution in [0.4, 0.5) is 16.2 Å². The van der Waals surface area contributed by atoms with Crippen molar-refractivity contribution < 1.29 is 14.4 Å². The summed E-state index contributed by atoms with van der Waals surface area (Å²) in [5.41, 5.74) is 1.90. The third kappa shape index (κ3) is 3.05. The highest BCUT2D eigenvalue weighted by molar-refractivity contribution is 6.32. The number of pyridine rings is 1. The van der Waals surface area contributed by atoms with Gasteiger partial charge in [0.05, 0.1) is 17.6 Å². The Hall–Kier alpha value is -3.35. The summed E-state index contributed by atoms with van der Waals surface area (Å²) < 4.78 is 0. The number of anilines is 1. The Bertz CT molecular complexity index is 815. The number of nitrogens with zero attached hydrogens (tertiary/aromatic N) is 3. The van der Waals surface area contributed by atoms with E-state index >= 15 is 0 Å². The SMILES string of the molecule is Cc1ccc(N2C(=O)NC(=O)[C@H](C=Nc3cccnc3)C2=O)cc1. The van der Waals surface area contributed by atoms with Gasteiger partial charge in [-0.3, -0.25) is 24.9 Å². The molecule has 2 heterocycles. The van der Waals surface area contributed by atoms with Crippen LogP contribution < -0.4 is 10.2 Å². The molecule has 4 amide bonds. The molecule has 0 unspecified atom stereocenters. The summed E-state index contributed by atoms with van der Waals surface area (Å²) in [5, 5.41) is 2.18. The standard InChI is InChI=1S/C17H14N4O3/c1-11-4-6-13(7-5-11)21-16(23)14(15(22)20-17(21)24)10-19-12-3-2-8-18-9-12/h2-10,14H,1H3,(H,20,22,24)/t14-/m0/s1. The molecular weight excluding hydrogens is 308 g/mol. The molecule has 120 valence electrons. The number of aromatic nitrogens is 1. The largest absolute Gasteiger partial charge is 0.335 e. The fraction of sp³-hybridized carbons (Fsp3) is 0.118. The van der Waals surface area contributed by atoms with Crippen molar-refractivity contribution in [1.82, 2.24) is 10.3 Å². The molecule has 1 aromatic carbocycles. The molecule has 0 spiro atoms. The number of aryl methyl sites for hydroxylation is 1. The zero-order chi connectivity index (χ0) is 17.1. The fourth-order valence-electron chi connectivity index (χ4n) is 2.25. The van der Waals surface area contributed by atoms with E-state index in [1.165, 1.54) is 12.4 Å². The molecule has 0 saturated carbocycles. The quantitative estimate of drug-likeness (QED) is 0.691. The van der Waals surface area contributed by atoms with Gasteiger partial charge in [0.1, 0.15) is 0 Å². The van der Waals surface area contributed by atoms with E-state index in [-0.39, 0.29) is 0 Å². The van der Waals surface area contributed by atoms with Crippen molar-refractivity contribution >= 4 is 35.4 Å². The highest BCUT2D eigenvalue weighted by Crippen LogP contribution is 2.21. The van der Waals surface area contributed by atoms with Gasteiger partial charge >= 0.3 is 6.03 Å². The summed E-state index contributed by atoms with van der Waals surface area (Å²) in [7, 11) is 0. The van der Waals surface area contributed by atoms with Gasteiger partial charge in [-0.25, -0.2) is 9.69 Å². The van der Waals surface area contributed by atoms with Crippen molar-refractivity contribution in [1.29, 1.82) is 0 Å². The predicted octanol–water partition coefficient (Wildman–Crippen LogP) is 1.99. The van der Waals surface area contributed by atoms with Crippen LogP contribution in [0.5, 0.6) is 0 Å². The van der Waals surface area contributed by atoms with Gasteiger partial charge in [-0.15, -0.1) is 0 Å². The Morgan fingerprint density at radius 2 is 1.92 bits per heavy atom. The lowest BCUT2D eigenvalue weighted by atomic mass is 10.1. The van der Waals surface area contributed by atoms with Crippen LogP contribution in [-0.4, -0.2) is 29.0 Å². The number of aliphatic imine (C=N–C) groups is 1. The normalized spacial score (nSPS) is 18.1. The van der Waals surface area contributed by atoms with Gasteiger partial charge in [0.15, 0.2) is 5.92 Å².